The summed E-state index contributed by atoms with van der Waals surface area (Å²) in [7, 11) is 0. The Morgan fingerprint density at radius 1 is 0.806 bits per heavy atom. The fraction of sp³-hybridized carbons (Fsp3) is 0.200. The molecule has 0 saturated carbocycles. The largest absolute Gasteiger partial charge is 0.379 e. The number of halogens is 2. The van der Waals surface area contributed by atoms with E-state index in [1.165, 1.54) is 21.6 Å². The minimum atomic E-state index is 0.0162. The van der Waals surface area contributed by atoms with Crippen molar-refractivity contribution in [3.8, 4) is 0 Å². The standard InChI is InChI=1S/C25H22Cl2N2OS/c26-20-11-12-21(27)22(17-20)29-25(28-13-15-30-16-14-28)23(18-7-3-1-4-8-18)24(31-29)19-9-5-2-6-10-19/h1-12,17,25H,13-16H2. The Morgan fingerprint density at radius 3 is 2.13 bits per heavy atom. The van der Waals surface area contributed by atoms with Crippen LogP contribution in [0.25, 0.3) is 10.5 Å². The predicted molar refractivity (Wildman–Crippen MR) is 132 cm³/mol. The van der Waals surface area contributed by atoms with E-state index in [4.69, 9.17) is 27.9 Å². The molecule has 158 valence electrons. The maximum absolute atomic E-state index is 6.69. The second-order valence-corrected chi connectivity index (χ2v) is 9.34. The fourth-order valence-electron chi connectivity index (χ4n) is 4.12. The Bertz CT molecular complexity index is 1090. The minimum absolute atomic E-state index is 0.0162. The molecule has 0 N–H and O–H groups in total. The third-order valence-corrected chi connectivity index (χ3v) is 7.36. The number of benzene rings is 3. The van der Waals surface area contributed by atoms with E-state index in [9.17, 15) is 0 Å². The summed E-state index contributed by atoms with van der Waals surface area (Å²) >= 11 is 14.8. The number of morpholine rings is 1. The molecule has 0 aromatic heterocycles. The summed E-state index contributed by atoms with van der Waals surface area (Å²) in [5.74, 6) is 0. The summed E-state index contributed by atoms with van der Waals surface area (Å²) in [6, 6.07) is 26.9. The molecular formula is C25H22Cl2N2OS. The van der Waals surface area contributed by atoms with E-state index in [2.05, 4.69) is 69.9 Å². The van der Waals surface area contributed by atoms with Gasteiger partial charge in [0.15, 0.2) is 0 Å². The van der Waals surface area contributed by atoms with Crippen molar-refractivity contribution in [3.63, 3.8) is 0 Å². The molecule has 1 unspecified atom stereocenters. The maximum atomic E-state index is 6.69. The van der Waals surface area contributed by atoms with E-state index in [0.29, 0.717) is 10.0 Å². The molecule has 0 spiro atoms. The molecular weight excluding hydrogens is 447 g/mol. The molecule has 2 aliphatic rings. The molecule has 0 aliphatic carbocycles. The van der Waals surface area contributed by atoms with E-state index >= 15 is 0 Å². The molecule has 31 heavy (non-hydrogen) atoms. The highest BCUT2D eigenvalue weighted by molar-refractivity contribution is 8.10. The normalized spacial score (nSPS) is 19.8. The van der Waals surface area contributed by atoms with Crippen LogP contribution in [0.3, 0.4) is 0 Å². The van der Waals surface area contributed by atoms with Gasteiger partial charge in [-0.05, 0) is 41.3 Å². The fourth-order valence-corrected chi connectivity index (χ4v) is 5.89. The van der Waals surface area contributed by atoms with Gasteiger partial charge in [-0.1, -0.05) is 83.9 Å². The van der Waals surface area contributed by atoms with Gasteiger partial charge >= 0.3 is 0 Å². The van der Waals surface area contributed by atoms with Gasteiger partial charge in [0.1, 0.15) is 6.17 Å². The van der Waals surface area contributed by atoms with Crippen molar-refractivity contribution in [1.82, 2.24) is 4.90 Å². The second-order valence-electron chi connectivity index (χ2n) is 7.51. The molecule has 2 aliphatic heterocycles. The zero-order valence-corrected chi connectivity index (χ0v) is 19.2. The number of anilines is 1. The molecule has 1 saturated heterocycles. The summed E-state index contributed by atoms with van der Waals surface area (Å²) in [6.45, 7) is 3.17. The lowest BCUT2D eigenvalue weighted by Gasteiger charge is -2.39. The van der Waals surface area contributed by atoms with Gasteiger partial charge in [0.25, 0.3) is 0 Å². The van der Waals surface area contributed by atoms with E-state index < -0.39 is 0 Å². The average Bonchev–Trinajstić information content (AvgIpc) is 3.23. The number of ether oxygens (including phenoxy) is 1. The first-order valence-corrected chi connectivity index (χ1v) is 11.8. The van der Waals surface area contributed by atoms with Crippen molar-refractivity contribution in [2.45, 2.75) is 6.17 Å². The molecule has 3 aromatic carbocycles. The topological polar surface area (TPSA) is 15.7 Å². The highest BCUT2D eigenvalue weighted by Gasteiger charge is 2.40. The van der Waals surface area contributed by atoms with Crippen molar-refractivity contribution in [3.05, 3.63) is 100 Å². The first kappa shape index (κ1) is 20.9. The first-order valence-electron chi connectivity index (χ1n) is 10.3. The third-order valence-electron chi connectivity index (χ3n) is 5.57. The minimum Gasteiger partial charge on any atom is -0.379 e. The van der Waals surface area contributed by atoms with Crippen LogP contribution in [-0.2, 0) is 4.74 Å². The Balaban J connectivity index is 1.70. The molecule has 0 amide bonds. The highest BCUT2D eigenvalue weighted by atomic mass is 35.5. The van der Waals surface area contributed by atoms with Crippen molar-refractivity contribution in [2.24, 2.45) is 0 Å². The number of hydrogen-bond acceptors (Lipinski definition) is 4. The molecule has 2 heterocycles. The summed E-state index contributed by atoms with van der Waals surface area (Å²) < 4.78 is 7.98. The summed E-state index contributed by atoms with van der Waals surface area (Å²) in [5, 5.41) is 1.37. The molecule has 0 radical (unpaired) electrons. The zero-order chi connectivity index (χ0) is 21.2. The van der Waals surface area contributed by atoms with Crippen molar-refractivity contribution in [2.75, 3.05) is 30.6 Å². The van der Waals surface area contributed by atoms with Gasteiger partial charge in [0, 0.05) is 28.6 Å². The van der Waals surface area contributed by atoms with Crippen LogP contribution in [0.15, 0.2) is 78.9 Å². The van der Waals surface area contributed by atoms with Crippen molar-refractivity contribution in [1.29, 1.82) is 0 Å². The second kappa shape index (κ2) is 9.27. The SMILES string of the molecule is Clc1ccc(Cl)c(N2SC(c3ccccc3)=C(c3ccccc3)C2N2CCOCC2)c1. The Kier molecular flexibility index (Phi) is 6.26. The lowest BCUT2D eigenvalue weighted by molar-refractivity contribution is 0.0299. The summed E-state index contributed by atoms with van der Waals surface area (Å²) in [5.41, 5.74) is 4.63. The van der Waals surface area contributed by atoms with Gasteiger partial charge in [0.05, 0.1) is 23.9 Å². The predicted octanol–water partition coefficient (Wildman–Crippen LogP) is 6.69. The van der Waals surface area contributed by atoms with Crippen molar-refractivity contribution < 1.29 is 4.74 Å². The smallest absolute Gasteiger partial charge is 0.121 e. The summed E-state index contributed by atoms with van der Waals surface area (Å²) in [4.78, 5) is 3.71. The Hall–Kier alpha value is -1.95. The molecule has 1 atom stereocenters. The van der Waals surface area contributed by atoms with E-state index in [-0.39, 0.29) is 6.17 Å². The Morgan fingerprint density at radius 2 is 1.45 bits per heavy atom. The van der Waals surface area contributed by atoms with Crippen LogP contribution in [0.2, 0.25) is 10.0 Å². The molecule has 6 heteroatoms. The number of hydrogen-bond donors (Lipinski definition) is 0. The quantitative estimate of drug-likeness (QED) is 0.396. The molecule has 3 aromatic rings. The van der Waals surface area contributed by atoms with Crippen LogP contribution in [-0.4, -0.2) is 37.4 Å². The number of nitrogens with zero attached hydrogens (tertiary/aromatic N) is 2. The van der Waals surface area contributed by atoms with Gasteiger partial charge < -0.3 is 4.74 Å². The third kappa shape index (κ3) is 4.23. The number of rotatable bonds is 4. The highest BCUT2D eigenvalue weighted by Crippen LogP contribution is 2.52. The van der Waals surface area contributed by atoms with Crippen LogP contribution >= 0.6 is 35.1 Å². The maximum Gasteiger partial charge on any atom is 0.121 e. The zero-order valence-electron chi connectivity index (χ0n) is 16.9. The van der Waals surface area contributed by atoms with Crippen molar-refractivity contribution >= 4 is 51.3 Å². The lowest BCUT2D eigenvalue weighted by Crippen LogP contribution is -2.49. The van der Waals surface area contributed by atoms with Gasteiger partial charge in [-0.25, -0.2) is 0 Å². The first-order chi connectivity index (χ1) is 15.2. The average molecular weight is 469 g/mol. The molecule has 0 bridgehead atoms. The molecule has 3 nitrogen and oxygen atoms in total. The van der Waals surface area contributed by atoms with Crippen LogP contribution in [0, 0.1) is 0 Å². The van der Waals surface area contributed by atoms with Crippen LogP contribution in [0.5, 0.6) is 0 Å². The Labute approximate surface area is 197 Å². The van der Waals surface area contributed by atoms with E-state index in [1.54, 1.807) is 11.9 Å². The molecule has 5 rings (SSSR count). The lowest BCUT2D eigenvalue weighted by atomic mass is 9.98. The van der Waals surface area contributed by atoms with E-state index in [0.717, 1.165) is 32.0 Å². The monoisotopic (exact) mass is 468 g/mol. The van der Waals surface area contributed by atoms with Gasteiger partial charge in [0.2, 0.25) is 0 Å². The van der Waals surface area contributed by atoms with E-state index in [1.807, 2.05) is 18.2 Å². The van der Waals surface area contributed by atoms with Gasteiger partial charge in [-0.3, -0.25) is 9.21 Å². The van der Waals surface area contributed by atoms with Crippen LogP contribution < -0.4 is 4.31 Å². The summed E-state index contributed by atoms with van der Waals surface area (Å²) in [6.07, 6.45) is 0.0162. The van der Waals surface area contributed by atoms with Gasteiger partial charge in [-0.15, -0.1) is 0 Å². The molecule has 1 fully saturated rings. The van der Waals surface area contributed by atoms with Crippen LogP contribution in [0.1, 0.15) is 11.1 Å². The van der Waals surface area contributed by atoms with Gasteiger partial charge in [-0.2, -0.15) is 0 Å². The van der Waals surface area contributed by atoms with Crippen LogP contribution in [0.4, 0.5) is 5.69 Å².